The number of nitrogens with zero attached hydrogens (tertiary/aromatic N) is 7. The van der Waals surface area contributed by atoms with E-state index >= 15 is 0 Å². The van der Waals surface area contributed by atoms with Crippen LogP contribution in [0.15, 0.2) is 259 Å². The molecule has 81 heavy (non-hydrogen) atoms. The molecule has 1 aliphatic carbocycles. The molecule has 2 aliphatic rings. The van der Waals surface area contributed by atoms with Gasteiger partial charge in [0.2, 0.25) is 0 Å². The smallest absolute Gasteiger partial charge is 0.0991 e. The number of hydrogen-bond donors (Lipinski definition) is 0. The SMILES string of the molecule is N#Cc1ccc2c(c1)c1cc(-c3ccc4c(c3)Sc3cc(-c5ccc6c(c5)c5cc(C#N)ccc5n6-c5ccc(-n6c7ccccc7c7ccccc76)cc5)ccc3C43c4cccnc4-c4ncccc43)ccc1n2-c1ccccc1. The van der Waals surface area contributed by atoms with Crippen molar-refractivity contribution in [1.82, 2.24) is 23.7 Å². The summed E-state index contributed by atoms with van der Waals surface area (Å²) in [6.45, 7) is 0. The van der Waals surface area contributed by atoms with E-state index in [1.807, 2.05) is 54.5 Å². The Balaban J connectivity index is 0.814. The van der Waals surface area contributed by atoms with Gasteiger partial charge in [0.05, 0.1) is 73.2 Å². The van der Waals surface area contributed by atoms with Crippen LogP contribution in [0.1, 0.15) is 33.4 Å². The number of para-hydroxylation sites is 3. The first-order chi connectivity index (χ1) is 40.0. The topological polar surface area (TPSA) is 88.2 Å². The lowest BCUT2D eigenvalue weighted by atomic mass is 9.67. The molecule has 0 saturated heterocycles. The van der Waals surface area contributed by atoms with Gasteiger partial charge in [-0.25, -0.2) is 0 Å². The number of nitriles is 2. The van der Waals surface area contributed by atoms with E-state index in [1.54, 1.807) is 0 Å². The largest absolute Gasteiger partial charge is 0.309 e. The minimum Gasteiger partial charge on any atom is -0.309 e. The van der Waals surface area contributed by atoms with Gasteiger partial charge in [-0.3, -0.25) is 9.97 Å². The number of benzene rings is 10. The average Bonchev–Trinajstić information content (AvgIpc) is 3.31. The fraction of sp³-hybridized carbons (Fsp3) is 0.0137. The molecule has 7 nitrogen and oxygen atoms in total. The summed E-state index contributed by atoms with van der Waals surface area (Å²) in [7, 11) is 0. The zero-order valence-electron chi connectivity index (χ0n) is 43.2. The van der Waals surface area contributed by atoms with Crippen molar-refractivity contribution in [3.05, 3.63) is 282 Å². The molecule has 0 amide bonds. The van der Waals surface area contributed by atoms with E-state index in [1.165, 1.54) is 32.9 Å². The number of rotatable bonds is 5. The summed E-state index contributed by atoms with van der Waals surface area (Å²) in [5, 5.41) is 27.0. The van der Waals surface area contributed by atoms with Crippen molar-refractivity contribution in [3.8, 4) is 62.8 Å². The standard InChI is InChI=1S/C73H41N7S/c74-42-44-18-30-65-55(36-44)57-38-46(22-32-67(57)78(65)50-10-2-1-3-11-50)48-20-28-59-69(40-48)81-70-41-49(21-29-60(70)73(59)61-14-8-34-76-71(61)72-62(73)15-9-35-77-72)47-23-33-68-58(39-47)56-37-45(43-75)19-31-66(56)80(68)52-26-24-51(25-27-52)79-63-16-6-4-12-53(63)54-13-5-7-17-64(54)79/h1-41H. The quantitative estimate of drug-likeness (QED) is 0.171. The van der Waals surface area contributed by atoms with E-state index in [2.05, 4.69) is 232 Å². The van der Waals surface area contributed by atoms with Gasteiger partial charge in [-0.1, -0.05) is 115 Å². The molecule has 374 valence electrons. The fourth-order valence-corrected chi connectivity index (χ4v) is 14.9. The van der Waals surface area contributed by atoms with Crippen LogP contribution >= 0.6 is 11.8 Å². The second-order valence-corrected chi connectivity index (χ2v) is 22.2. The lowest BCUT2D eigenvalue weighted by molar-refractivity contribution is 0.720. The maximum absolute atomic E-state index is 10.2. The van der Waals surface area contributed by atoms with Crippen LogP contribution in [-0.2, 0) is 5.41 Å². The van der Waals surface area contributed by atoms with Crippen LogP contribution in [0.4, 0.5) is 0 Å². The second-order valence-electron chi connectivity index (χ2n) is 21.1. The van der Waals surface area contributed by atoms with Gasteiger partial charge < -0.3 is 13.7 Å². The molecule has 0 saturated carbocycles. The molecule has 1 aliphatic heterocycles. The molecule has 8 heteroatoms. The molecule has 0 N–H and O–H groups in total. The first-order valence-corrected chi connectivity index (χ1v) is 27.9. The molecule has 6 heterocycles. The molecule has 0 fully saturated rings. The molecule has 17 rings (SSSR count). The monoisotopic (exact) mass is 1050 g/mol. The van der Waals surface area contributed by atoms with Gasteiger partial charge in [-0.05, 0) is 178 Å². The first kappa shape index (κ1) is 45.3. The Labute approximate surface area is 469 Å². The van der Waals surface area contributed by atoms with Crippen molar-refractivity contribution in [2.45, 2.75) is 15.2 Å². The van der Waals surface area contributed by atoms with Gasteiger partial charge in [0, 0.05) is 71.6 Å². The van der Waals surface area contributed by atoms with Crippen molar-refractivity contribution >= 4 is 77.2 Å². The van der Waals surface area contributed by atoms with E-state index in [0.29, 0.717) is 11.1 Å². The molecule has 0 atom stereocenters. The summed E-state index contributed by atoms with van der Waals surface area (Å²) in [5.74, 6) is 0. The summed E-state index contributed by atoms with van der Waals surface area (Å²) >= 11 is 1.81. The van der Waals surface area contributed by atoms with Crippen molar-refractivity contribution in [2.75, 3.05) is 0 Å². The summed E-state index contributed by atoms with van der Waals surface area (Å²) in [4.78, 5) is 12.4. The molecule has 15 aromatic rings. The van der Waals surface area contributed by atoms with E-state index in [0.717, 1.165) is 115 Å². The predicted molar refractivity (Wildman–Crippen MR) is 327 cm³/mol. The van der Waals surface area contributed by atoms with Crippen molar-refractivity contribution in [3.63, 3.8) is 0 Å². The first-order valence-electron chi connectivity index (χ1n) is 27.1. The molecular formula is C73H41N7S. The number of hydrogen-bond acceptors (Lipinski definition) is 5. The van der Waals surface area contributed by atoms with Gasteiger partial charge in [0.25, 0.3) is 0 Å². The molecule has 10 aromatic carbocycles. The van der Waals surface area contributed by atoms with Crippen LogP contribution in [0.2, 0.25) is 0 Å². The Bertz CT molecular complexity index is 5200. The van der Waals surface area contributed by atoms with E-state index < -0.39 is 5.41 Å². The molecule has 0 radical (unpaired) electrons. The lowest BCUT2D eigenvalue weighted by Crippen LogP contribution is -2.32. The minimum absolute atomic E-state index is 0.621. The summed E-state index contributed by atoms with van der Waals surface area (Å²) < 4.78 is 6.96. The zero-order chi connectivity index (χ0) is 53.5. The summed E-state index contributed by atoms with van der Waals surface area (Å²) in [6.07, 6.45) is 3.75. The summed E-state index contributed by atoms with van der Waals surface area (Å²) in [6, 6.07) is 89.4. The third-order valence-corrected chi connectivity index (χ3v) is 18.2. The van der Waals surface area contributed by atoms with E-state index in [-0.39, 0.29) is 0 Å². The maximum Gasteiger partial charge on any atom is 0.0991 e. The molecule has 0 bridgehead atoms. The molecule has 1 spiro atoms. The van der Waals surface area contributed by atoms with E-state index in [9.17, 15) is 10.5 Å². The van der Waals surface area contributed by atoms with Gasteiger partial charge in [0.1, 0.15) is 0 Å². The van der Waals surface area contributed by atoms with Gasteiger partial charge in [0.15, 0.2) is 0 Å². The minimum atomic E-state index is -0.677. The summed E-state index contributed by atoms with van der Waals surface area (Å²) in [5.41, 5.74) is 21.2. The highest BCUT2D eigenvalue weighted by molar-refractivity contribution is 7.99. The maximum atomic E-state index is 10.2. The highest BCUT2D eigenvalue weighted by Gasteiger charge is 2.51. The number of pyridine rings is 2. The Morgan fingerprint density at radius 3 is 1.17 bits per heavy atom. The molecule has 5 aromatic heterocycles. The Hall–Kier alpha value is -10.8. The van der Waals surface area contributed by atoms with E-state index in [4.69, 9.17) is 9.97 Å². The van der Waals surface area contributed by atoms with Crippen LogP contribution < -0.4 is 0 Å². The third-order valence-electron chi connectivity index (χ3n) is 17.1. The predicted octanol–water partition coefficient (Wildman–Crippen LogP) is 17.7. The highest BCUT2D eigenvalue weighted by Crippen LogP contribution is 2.62. The zero-order valence-corrected chi connectivity index (χ0v) is 44.0. The number of aromatic nitrogens is 5. The lowest BCUT2D eigenvalue weighted by Gasteiger charge is -2.39. The number of fused-ring (bicyclic) bond motifs is 18. The van der Waals surface area contributed by atoms with Crippen LogP contribution in [0.5, 0.6) is 0 Å². The Morgan fingerprint density at radius 2 is 0.704 bits per heavy atom. The Kier molecular flexibility index (Phi) is 9.56. The van der Waals surface area contributed by atoms with Crippen LogP contribution in [0, 0.1) is 22.7 Å². The van der Waals surface area contributed by atoms with Crippen molar-refractivity contribution < 1.29 is 0 Å². The third kappa shape index (κ3) is 6.39. The highest BCUT2D eigenvalue weighted by atomic mass is 32.2. The van der Waals surface area contributed by atoms with Crippen molar-refractivity contribution in [2.24, 2.45) is 0 Å². The molecule has 0 unspecified atom stereocenters. The van der Waals surface area contributed by atoms with Crippen LogP contribution in [-0.4, -0.2) is 23.7 Å². The normalized spacial score (nSPS) is 13.0. The fourth-order valence-electron chi connectivity index (χ4n) is 13.6. The average molecular weight is 1050 g/mol. The van der Waals surface area contributed by atoms with Crippen LogP contribution in [0.3, 0.4) is 0 Å². The van der Waals surface area contributed by atoms with Gasteiger partial charge >= 0.3 is 0 Å². The molecular weight excluding hydrogens is 1010 g/mol. The van der Waals surface area contributed by atoms with Gasteiger partial charge in [-0.15, -0.1) is 0 Å². The van der Waals surface area contributed by atoms with Crippen molar-refractivity contribution in [1.29, 1.82) is 10.5 Å². The Morgan fingerprint density at radius 1 is 0.321 bits per heavy atom. The van der Waals surface area contributed by atoms with Crippen LogP contribution in [0.25, 0.3) is 116 Å². The van der Waals surface area contributed by atoms with Gasteiger partial charge in [-0.2, -0.15) is 10.5 Å². The second kappa shape index (κ2) is 17.1.